The summed E-state index contributed by atoms with van der Waals surface area (Å²) in [6, 6.07) is 44.3. The van der Waals surface area contributed by atoms with Gasteiger partial charge in [-0.25, -0.2) is 4.39 Å². The smallest absolute Gasteiger partial charge is 0.287 e. The van der Waals surface area contributed by atoms with Gasteiger partial charge in [0, 0.05) is 98.2 Å². The van der Waals surface area contributed by atoms with E-state index in [1.54, 1.807) is 42.5 Å². The van der Waals surface area contributed by atoms with Crippen LogP contribution in [0.3, 0.4) is 0 Å². The minimum atomic E-state index is -0.589. The van der Waals surface area contributed by atoms with Gasteiger partial charge in [-0.15, -0.1) is 0 Å². The molecular weight excluding hydrogens is 1640 g/mol. The van der Waals surface area contributed by atoms with E-state index in [4.69, 9.17) is 78.9 Å². The molecule has 13 aliphatic carbocycles. The second-order valence-corrected chi connectivity index (χ2v) is 37.4. The van der Waals surface area contributed by atoms with Crippen molar-refractivity contribution in [3.63, 3.8) is 0 Å². The molecule has 7 aromatic carbocycles. The first kappa shape index (κ1) is 84.7. The van der Waals surface area contributed by atoms with Gasteiger partial charge in [0.1, 0.15) is 72.0 Å². The fraction of sp³-hybridized carbons (Fsp3) is 0.389. The number of carbonyl (C=O) groups excluding carboxylic acids is 9. The molecule has 0 saturated heterocycles. The van der Waals surface area contributed by atoms with E-state index >= 15 is 0 Å². The van der Waals surface area contributed by atoms with Crippen LogP contribution in [0.5, 0.6) is 28.7 Å². The van der Waals surface area contributed by atoms with Crippen LogP contribution in [0.15, 0.2) is 167 Å². The minimum absolute atomic E-state index is 0.00582. The fourth-order valence-corrected chi connectivity index (χ4v) is 20.9. The normalized spacial score (nSPS) is 24.3. The standard InChI is InChI=1S/C24H25ClFNO4.C24H24ClNO5.C24H22ClNO4.C23H22ClN3O3/c1-2-9-30-17-5-3-16(4-6-17)21(28)11-23-13-24(14-23,15-23)27-22(29)12-31-18-7-8-19(25)20(26)10-18;1-14-7-16(5-6-18(14)25)30-9-15(27)8-23-11-24(12-23,13-23)26-22(29)17-10-31-20-4-2-3-19(28)21(17)20;1-15-8-18(6-7-19(15)25)29-11-17(27)10-23-12-24(13-23,14-23)26-22(28)21-9-16-4-2-3-5-20(16)30-21;1-14-8-16(6-7-18(14)24)30-10-15(28)9-22-11-23(12-22,13-22)25-21(29)20-17-4-2-3-5-19(17)26-27-20/h3-8,10H,2,9,11-15H2,1H3,(H,27,29);5-7,10H,2-4,8-9,11-13H2,1H3,(H,26,29);2-9H,10-14H2,1H3,(H,26,28);2-8H,9-13H2,1H3,(H,25,29)(H,26,27). The van der Waals surface area contributed by atoms with Gasteiger partial charge < -0.3 is 53.8 Å². The molecule has 0 atom stereocenters. The maximum Gasteiger partial charge on any atom is 0.287 e. The number of carbonyl (C=O) groups is 9. The van der Waals surface area contributed by atoms with E-state index in [0.717, 1.165) is 135 Å². The number of furan rings is 2. The largest absolute Gasteiger partial charge is 0.494 e. The van der Waals surface area contributed by atoms with Crippen LogP contribution in [0.25, 0.3) is 21.9 Å². The third kappa shape index (κ3) is 18.2. The average Bonchev–Trinajstić information content (AvgIpc) is 0.829. The van der Waals surface area contributed by atoms with E-state index in [1.807, 2.05) is 119 Å². The third-order valence-corrected chi connectivity index (χ3v) is 27.0. The van der Waals surface area contributed by atoms with Crippen LogP contribution < -0.4 is 45.0 Å². The Morgan fingerprint density at radius 1 is 0.484 bits per heavy atom. The van der Waals surface area contributed by atoms with Crippen molar-refractivity contribution in [2.24, 2.45) is 21.7 Å². The maximum atomic E-state index is 13.4. The highest BCUT2D eigenvalue weighted by Crippen LogP contribution is 2.72. The summed E-state index contributed by atoms with van der Waals surface area (Å²) in [7, 11) is 0. The second-order valence-electron chi connectivity index (χ2n) is 35.7. The number of para-hydroxylation sites is 2. The Morgan fingerprint density at radius 3 is 1.44 bits per heavy atom. The lowest BCUT2D eigenvalue weighted by Crippen LogP contribution is -2.75. The molecular formula is C95H93Cl4FN6O16. The number of aromatic amines is 1. The van der Waals surface area contributed by atoms with Crippen LogP contribution in [0.1, 0.15) is 203 Å². The summed E-state index contributed by atoms with van der Waals surface area (Å²) in [5.41, 5.74) is 5.32. The number of benzene rings is 7. The van der Waals surface area contributed by atoms with Crippen molar-refractivity contribution in [2.45, 2.75) is 178 Å². The average molecular weight is 1740 g/mol. The highest BCUT2D eigenvalue weighted by molar-refractivity contribution is 6.32. The van der Waals surface area contributed by atoms with Gasteiger partial charge in [0.05, 0.1) is 28.3 Å². The number of hydrogen-bond acceptors (Lipinski definition) is 17. The Bertz CT molecular complexity index is 5710. The van der Waals surface area contributed by atoms with Crippen molar-refractivity contribution in [2.75, 3.05) is 33.0 Å². The van der Waals surface area contributed by atoms with Crippen molar-refractivity contribution >= 4 is 121 Å². The quantitative estimate of drug-likeness (QED) is 0.0252. The van der Waals surface area contributed by atoms with E-state index in [-0.39, 0.29) is 134 Å². The Kier molecular flexibility index (Phi) is 23.5. The third-order valence-electron chi connectivity index (χ3n) is 25.4. The first-order valence-electron chi connectivity index (χ1n) is 41.2. The summed E-state index contributed by atoms with van der Waals surface area (Å²) in [6.45, 7) is 8.35. The lowest BCUT2D eigenvalue weighted by molar-refractivity contribution is -0.165. The van der Waals surface area contributed by atoms with Crippen LogP contribution in [-0.4, -0.2) is 118 Å². The number of ketones is 5. The maximum absolute atomic E-state index is 13.4. The minimum Gasteiger partial charge on any atom is -0.494 e. The van der Waals surface area contributed by atoms with Gasteiger partial charge in [-0.1, -0.05) is 89.7 Å². The molecule has 0 aliphatic heterocycles. The van der Waals surface area contributed by atoms with Crippen molar-refractivity contribution in [3.8, 4) is 28.7 Å². The Hall–Kier alpha value is -10.9. The number of amides is 4. The number of nitrogens with zero attached hydrogens (tertiary/aromatic N) is 1. The summed E-state index contributed by atoms with van der Waals surface area (Å²) in [6.07, 6.45) is 15.9. The van der Waals surface area contributed by atoms with Gasteiger partial charge >= 0.3 is 0 Å². The van der Waals surface area contributed by atoms with Crippen LogP contribution in [0.2, 0.25) is 20.1 Å². The van der Waals surface area contributed by atoms with Crippen LogP contribution >= 0.6 is 46.4 Å². The van der Waals surface area contributed by atoms with Gasteiger partial charge in [-0.3, -0.25) is 48.2 Å². The fourth-order valence-electron chi connectivity index (χ4n) is 20.5. The van der Waals surface area contributed by atoms with Crippen LogP contribution in [-0.2, 0) is 25.6 Å². The second kappa shape index (κ2) is 33.8. The highest BCUT2D eigenvalue weighted by Gasteiger charge is 2.71. The molecule has 0 radical (unpaired) electrons. The van der Waals surface area contributed by atoms with E-state index in [1.165, 1.54) is 18.4 Å². The number of nitrogens with one attached hydrogen (secondary N) is 5. The van der Waals surface area contributed by atoms with Gasteiger partial charge in [-0.2, -0.15) is 5.10 Å². The molecule has 122 heavy (non-hydrogen) atoms. The lowest BCUT2D eigenvalue weighted by Gasteiger charge is -2.70. The molecule has 12 fully saturated rings. The number of hydrogen-bond donors (Lipinski definition) is 5. The number of aryl methyl sites for hydroxylation is 4. The van der Waals surface area contributed by atoms with Crippen molar-refractivity contribution in [1.82, 2.24) is 31.5 Å². The SMILES string of the molecule is CCCOc1ccc(C(=O)CC23CC(NC(=O)COc4ccc(Cl)c(F)c4)(C2)C3)cc1.Cc1cc(OCC(=O)CC23CC(NC(=O)c4cc5ccccc5o4)(C2)C3)ccc1Cl.Cc1cc(OCC(=O)CC23CC(NC(=O)c4coc5c4C(=O)CCC5)(C2)C3)ccc1Cl.Cc1cc(OCC(=O)CC23CC(NC(=O)c4n[nH]c5ccccc45)(C2)C3)ccc1Cl. The zero-order valence-electron chi connectivity index (χ0n) is 68.1. The summed E-state index contributed by atoms with van der Waals surface area (Å²) in [4.78, 5) is 112. The molecule has 0 unspecified atom stereocenters. The number of ether oxygens (including phenoxy) is 5. The Balaban J connectivity index is 0.000000121. The van der Waals surface area contributed by atoms with Gasteiger partial charge in [0.15, 0.2) is 47.0 Å². The molecule has 3 aromatic heterocycles. The van der Waals surface area contributed by atoms with Crippen molar-refractivity contribution in [1.29, 1.82) is 0 Å². The summed E-state index contributed by atoms with van der Waals surface area (Å²) in [5.74, 6) is 2.80. The predicted octanol–water partition coefficient (Wildman–Crippen LogP) is 18.7. The molecule has 23 rings (SSSR count). The molecule has 0 spiro atoms. The van der Waals surface area contributed by atoms with Gasteiger partial charge in [-0.05, 0) is 258 Å². The molecule has 22 nitrogen and oxygen atoms in total. The van der Waals surface area contributed by atoms with Gasteiger partial charge in [0.25, 0.3) is 23.6 Å². The zero-order chi connectivity index (χ0) is 85.7. The number of aromatic nitrogens is 2. The predicted molar refractivity (Wildman–Crippen MR) is 457 cm³/mol. The molecule has 10 aromatic rings. The molecule has 4 amide bonds. The monoisotopic (exact) mass is 1730 g/mol. The van der Waals surface area contributed by atoms with Crippen LogP contribution in [0.4, 0.5) is 4.39 Å². The molecule has 634 valence electrons. The molecule has 5 N–H and O–H groups in total. The summed E-state index contributed by atoms with van der Waals surface area (Å²) >= 11 is 23.7. The molecule has 12 saturated carbocycles. The first-order valence-corrected chi connectivity index (χ1v) is 42.7. The number of Topliss-reactive ketones (excluding diaryl/α,β-unsaturated/α-hetero) is 5. The topological polar surface area (TPSA) is 303 Å². The summed E-state index contributed by atoms with van der Waals surface area (Å²) < 4.78 is 52.3. The van der Waals surface area contributed by atoms with Crippen LogP contribution in [0, 0.1) is 48.2 Å². The van der Waals surface area contributed by atoms with E-state index < -0.39 is 5.82 Å². The Labute approximate surface area is 724 Å². The van der Waals surface area contributed by atoms with E-state index in [0.29, 0.717) is 117 Å². The number of rotatable bonds is 31. The number of fused-ring (bicyclic) bond motifs is 3. The van der Waals surface area contributed by atoms with Gasteiger partial charge in [0.2, 0.25) is 0 Å². The Morgan fingerprint density at radius 2 is 0.934 bits per heavy atom. The van der Waals surface area contributed by atoms with Crippen molar-refractivity contribution < 1.29 is 80.1 Å². The molecule has 13 aliphatic rings. The van der Waals surface area contributed by atoms with Crippen molar-refractivity contribution in [3.05, 3.63) is 234 Å². The first-order chi connectivity index (χ1) is 58.3. The van der Waals surface area contributed by atoms with E-state index in [9.17, 15) is 47.5 Å². The lowest BCUT2D eigenvalue weighted by atomic mass is 9.38. The molecule has 27 heteroatoms. The number of halogens is 5. The molecule has 3 heterocycles. The summed E-state index contributed by atoms with van der Waals surface area (Å²) in [5, 5.41) is 23.2. The number of H-pyrrole nitrogens is 1. The zero-order valence-corrected chi connectivity index (χ0v) is 71.1. The van der Waals surface area contributed by atoms with E-state index in [2.05, 4.69) is 31.5 Å². The molecule has 8 bridgehead atoms. The highest BCUT2D eigenvalue weighted by atomic mass is 35.5.